The zero-order valence-corrected chi connectivity index (χ0v) is 18.0. The Morgan fingerprint density at radius 2 is 1.90 bits per heavy atom. The van der Waals surface area contributed by atoms with E-state index in [0.29, 0.717) is 17.3 Å². The number of aryl methyl sites for hydroxylation is 1. The number of fused-ring (bicyclic) bond motifs is 1. The van der Waals surface area contributed by atoms with Gasteiger partial charge in [0, 0.05) is 28.7 Å². The highest BCUT2D eigenvalue weighted by Crippen LogP contribution is 2.40. The molecule has 1 aromatic carbocycles. The minimum atomic E-state index is -3.64. The van der Waals surface area contributed by atoms with Crippen LogP contribution in [0.4, 0.5) is 4.39 Å². The fourth-order valence-electron chi connectivity index (χ4n) is 3.74. The predicted octanol–water partition coefficient (Wildman–Crippen LogP) is 4.95. The van der Waals surface area contributed by atoms with Crippen LogP contribution in [0.3, 0.4) is 0 Å². The lowest BCUT2D eigenvalue weighted by atomic mass is 9.92. The number of halogens is 1. The van der Waals surface area contributed by atoms with E-state index >= 15 is 0 Å². The molecule has 2 aromatic heterocycles. The van der Waals surface area contributed by atoms with Crippen LogP contribution in [-0.2, 0) is 10.0 Å². The normalized spacial score (nSPS) is 15.6. The Labute approximate surface area is 171 Å². The Hall–Kier alpha value is -2.25. The molecule has 0 spiro atoms. The minimum Gasteiger partial charge on any atom is -0.336 e. The van der Waals surface area contributed by atoms with E-state index in [1.54, 1.807) is 45.9 Å². The number of hydrogen-bond acceptors (Lipinski definition) is 3. The molecule has 154 valence electrons. The number of sulfonamides is 1. The number of aromatic nitrogens is 2. The van der Waals surface area contributed by atoms with Crippen molar-refractivity contribution < 1.29 is 12.8 Å². The average Bonchev–Trinajstić information content (AvgIpc) is 2.90. The van der Waals surface area contributed by atoms with E-state index in [4.69, 9.17) is 0 Å². The van der Waals surface area contributed by atoms with Gasteiger partial charge in [-0.3, -0.25) is 4.98 Å². The molecule has 2 heterocycles. The first kappa shape index (κ1) is 20.0. The molecule has 3 aromatic rings. The zero-order valence-electron chi connectivity index (χ0n) is 17.2. The summed E-state index contributed by atoms with van der Waals surface area (Å²) in [5, 5.41) is 0.836. The standard InChI is InChI=1S/C22H26FN3O2S/c1-14-10-20-15(11-18(14)23)12-21(26(20)16-6-5-7-16)19-9-8-17(13-24-19)29(27,28)25-22(2,3)4/h8-13,16,25H,5-7H2,1-4H3. The molecule has 0 bridgehead atoms. The van der Waals surface area contributed by atoms with Crippen molar-refractivity contribution in [2.24, 2.45) is 0 Å². The molecule has 0 unspecified atom stereocenters. The number of rotatable bonds is 4. The van der Waals surface area contributed by atoms with Gasteiger partial charge in [0.1, 0.15) is 10.7 Å². The molecule has 0 radical (unpaired) electrons. The average molecular weight is 416 g/mol. The van der Waals surface area contributed by atoms with Crippen molar-refractivity contribution in [2.45, 2.75) is 63.4 Å². The molecule has 1 saturated carbocycles. The van der Waals surface area contributed by atoms with Gasteiger partial charge in [0.05, 0.1) is 11.4 Å². The highest BCUT2D eigenvalue weighted by atomic mass is 32.2. The van der Waals surface area contributed by atoms with Crippen LogP contribution in [0.1, 0.15) is 51.6 Å². The number of nitrogens with zero attached hydrogens (tertiary/aromatic N) is 2. The van der Waals surface area contributed by atoms with Crippen molar-refractivity contribution in [3.8, 4) is 11.4 Å². The molecule has 29 heavy (non-hydrogen) atoms. The molecule has 5 nitrogen and oxygen atoms in total. The highest BCUT2D eigenvalue weighted by Gasteiger charge is 2.26. The third-order valence-electron chi connectivity index (χ3n) is 5.31. The molecule has 1 aliphatic rings. The van der Waals surface area contributed by atoms with E-state index in [1.807, 2.05) is 12.1 Å². The van der Waals surface area contributed by atoms with E-state index in [9.17, 15) is 12.8 Å². The van der Waals surface area contributed by atoms with Gasteiger partial charge in [0.15, 0.2) is 0 Å². The quantitative estimate of drug-likeness (QED) is 0.656. The van der Waals surface area contributed by atoms with Crippen LogP contribution < -0.4 is 4.72 Å². The summed E-state index contributed by atoms with van der Waals surface area (Å²) in [5.74, 6) is -0.225. The maximum atomic E-state index is 14.1. The second-order valence-corrected chi connectivity index (χ2v) is 10.6. The fraction of sp³-hybridized carbons (Fsp3) is 0.409. The van der Waals surface area contributed by atoms with Crippen LogP contribution >= 0.6 is 0 Å². The smallest absolute Gasteiger partial charge is 0.242 e. The third-order valence-corrected chi connectivity index (χ3v) is 7.05. The largest absolute Gasteiger partial charge is 0.336 e. The second-order valence-electron chi connectivity index (χ2n) is 8.88. The maximum absolute atomic E-state index is 14.1. The van der Waals surface area contributed by atoms with E-state index in [0.717, 1.165) is 29.4 Å². The monoisotopic (exact) mass is 415 g/mol. The Morgan fingerprint density at radius 3 is 2.45 bits per heavy atom. The molecule has 1 fully saturated rings. The van der Waals surface area contributed by atoms with Crippen LogP contribution in [-0.4, -0.2) is 23.5 Å². The van der Waals surface area contributed by atoms with Gasteiger partial charge >= 0.3 is 0 Å². The zero-order chi connectivity index (χ0) is 21.0. The van der Waals surface area contributed by atoms with Crippen molar-refractivity contribution >= 4 is 20.9 Å². The van der Waals surface area contributed by atoms with Gasteiger partial charge in [-0.1, -0.05) is 0 Å². The number of pyridine rings is 1. The lowest BCUT2D eigenvalue weighted by molar-refractivity contribution is 0.324. The summed E-state index contributed by atoms with van der Waals surface area (Å²) in [7, 11) is -3.64. The van der Waals surface area contributed by atoms with Crippen molar-refractivity contribution in [1.82, 2.24) is 14.3 Å². The van der Waals surface area contributed by atoms with Crippen LogP contribution in [0, 0.1) is 12.7 Å². The molecule has 7 heteroatoms. The topological polar surface area (TPSA) is 64.0 Å². The first-order chi connectivity index (χ1) is 13.5. The second kappa shape index (κ2) is 6.92. The Kier molecular flexibility index (Phi) is 4.78. The Morgan fingerprint density at radius 1 is 1.17 bits per heavy atom. The fourth-order valence-corrected chi connectivity index (χ4v) is 5.10. The summed E-state index contributed by atoms with van der Waals surface area (Å²) >= 11 is 0. The third kappa shape index (κ3) is 3.81. The summed E-state index contributed by atoms with van der Waals surface area (Å²) in [6, 6.07) is 9.06. The van der Waals surface area contributed by atoms with Gasteiger partial charge < -0.3 is 4.57 Å². The number of hydrogen-bond donors (Lipinski definition) is 1. The van der Waals surface area contributed by atoms with E-state index in [2.05, 4.69) is 14.3 Å². The number of benzene rings is 1. The molecule has 0 atom stereocenters. The maximum Gasteiger partial charge on any atom is 0.242 e. The summed E-state index contributed by atoms with van der Waals surface area (Å²) in [6.07, 6.45) is 4.72. The van der Waals surface area contributed by atoms with E-state index in [-0.39, 0.29) is 10.7 Å². The number of nitrogens with one attached hydrogen (secondary N) is 1. The van der Waals surface area contributed by atoms with Crippen LogP contribution in [0.15, 0.2) is 41.4 Å². The molecule has 0 saturated heterocycles. The van der Waals surface area contributed by atoms with Gasteiger partial charge in [0.25, 0.3) is 0 Å². The van der Waals surface area contributed by atoms with Gasteiger partial charge in [-0.05, 0) is 82.9 Å². The lowest BCUT2D eigenvalue weighted by Gasteiger charge is -2.30. The molecule has 4 rings (SSSR count). The molecule has 0 amide bonds. The first-order valence-corrected chi connectivity index (χ1v) is 11.3. The van der Waals surface area contributed by atoms with E-state index < -0.39 is 15.6 Å². The molecule has 0 aliphatic heterocycles. The lowest BCUT2D eigenvalue weighted by Crippen LogP contribution is -2.40. The van der Waals surface area contributed by atoms with Crippen molar-refractivity contribution in [1.29, 1.82) is 0 Å². The summed E-state index contributed by atoms with van der Waals surface area (Å²) in [4.78, 5) is 4.58. The van der Waals surface area contributed by atoms with Crippen LogP contribution in [0.5, 0.6) is 0 Å². The van der Waals surface area contributed by atoms with Crippen LogP contribution in [0.2, 0.25) is 0 Å². The summed E-state index contributed by atoms with van der Waals surface area (Å²) in [6.45, 7) is 7.16. The van der Waals surface area contributed by atoms with E-state index in [1.165, 1.54) is 12.6 Å². The molecule has 1 aliphatic carbocycles. The van der Waals surface area contributed by atoms with Gasteiger partial charge in [-0.15, -0.1) is 0 Å². The van der Waals surface area contributed by atoms with Crippen molar-refractivity contribution in [3.63, 3.8) is 0 Å². The summed E-state index contributed by atoms with van der Waals surface area (Å²) < 4.78 is 44.1. The summed E-state index contributed by atoms with van der Waals surface area (Å²) in [5.41, 5.74) is 2.61. The Bertz CT molecular complexity index is 1170. The SMILES string of the molecule is Cc1cc2c(cc1F)cc(-c1ccc(S(=O)(=O)NC(C)(C)C)cn1)n2C1CCC1. The molecule has 1 N–H and O–H groups in total. The van der Waals surface area contributed by atoms with Crippen molar-refractivity contribution in [2.75, 3.05) is 0 Å². The molecular formula is C22H26FN3O2S. The van der Waals surface area contributed by atoms with Gasteiger partial charge in [-0.2, -0.15) is 0 Å². The predicted molar refractivity (Wildman–Crippen MR) is 113 cm³/mol. The van der Waals surface area contributed by atoms with Gasteiger partial charge in [0.2, 0.25) is 10.0 Å². The molecular weight excluding hydrogens is 389 g/mol. The minimum absolute atomic E-state index is 0.129. The van der Waals surface area contributed by atoms with Crippen LogP contribution in [0.25, 0.3) is 22.3 Å². The van der Waals surface area contributed by atoms with Gasteiger partial charge in [-0.25, -0.2) is 17.5 Å². The van der Waals surface area contributed by atoms with Crippen molar-refractivity contribution in [3.05, 3.63) is 47.9 Å². The first-order valence-electron chi connectivity index (χ1n) is 9.87. The highest BCUT2D eigenvalue weighted by molar-refractivity contribution is 7.89. The Balaban J connectivity index is 1.79.